The van der Waals surface area contributed by atoms with E-state index in [0.29, 0.717) is 16.4 Å². The minimum Gasteiger partial charge on any atom is -0.507 e. The Hall–Kier alpha value is -2.93. The second kappa shape index (κ2) is 5.82. The quantitative estimate of drug-likeness (QED) is 0.687. The third-order valence-electron chi connectivity index (χ3n) is 2.97. The minimum atomic E-state index is -0.678. The van der Waals surface area contributed by atoms with Crippen LogP contribution in [0.3, 0.4) is 0 Å². The number of carbonyl (C=O) groups is 1. The molecule has 0 atom stereocenters. The van der Waals surface area contributed by atoms with E-state index < -0.39 is 5.91 Å². The Morgan fingerprint density at radius 3 is 2.91 bits per heavy atom. The van der Waals surface area contributed by atoms with Gasteiger partial charge in [-0.15, -0.1) is 11.3 Å². The summed E-state index contributed by atoms with van der Waals surface area (Å²) in [5.74, 6) is -0.816. The summed E-state index contributed by atoms with van der Waals surface area (Å²) in [6.07, 6.45) is 3.40. The maximum absolute atomic E-state index is 11.3. The van der Waals surface area contributed by atoms with Crippen molar-refractivity contribution in [1.29, 1.82) is 0 Å². The van der Waals surface area contributed by atoms with Gasteiger partial charge in [-0.25, -0.2) is 4.98 Å². The Balaban J connectivity index is 1.88. The number of hydrogen-bond acceptors (Lipinski definition) is 6. The molecule has 0 saturated heterocycles. The van der Waals surface area contributed by atoms with Gasteiger partial charge in [0.25, 0.3) is 5.91 Å². The first-order valence-electron chi connectivity index (χ1n) is 6.39. The average Bonchev–Trinajstić information content (AvgIpc) is 2.97. The summed E-state index contributed by atoms with van der Waals surface area (Å²) in [5.41, 5.74) is 7.55. The molecule has 0 unspecified atom stereocenters. The lowest BCUT2D eigenvalue weighted by atomic mass is 10.1. The van der Waals surface area contributed by atoms with Crippen LogP contribution < -0.4 is 11.1 Å². The molecule has 0 saturated carbocycles. The molecule has 2 heterocycles. The maximum atomic E-state index is 11.3. The number of thiazole rings is 1. The lowest BCUT2D eigenvalue weighted by Crippen LogP contribution is -2.11. The molecule has 0 radical (unpaired) electrons. The van der Waals surface area contributed by atoms with E-state index in [4.69, 9.17) is 5.73 Å². The Kier molecular flexibility index (Phi) is 3.71. The van der Waals surface area contributed by atoms with Crippen LogP contribution in [0.25, 0.3) is 11.3 Å². The molecule has 7 heteroatoms. The number of rotatable bonds is 4. The molecule has 110 valence electrons. The van der Waals surface area contributed by atoms with Crippen LogP contribution in [0.2, 0.25) is 0 Å². The number of phenols is 1. The van der Waals surface area contributed by atoms with E-state index in [0.717, 1.165) is 5.69 Å². The summed E-state index contributed by atoms with van der Waals surface area (Å²) in [4.78, 5) is 19.8. The first-order valence-corrected chi connectivity index (χ1v) is 7.27. The van der Waals surface area contributed by atoms with Gasteiger partial charge in [-0.2, -0.15) is 0 Å². The zero-order valence-electron chi connectivity index (χ0n) is 11.4. The number of aromatic hydroxyl groups is 1. The van der Waals surface area contributed by atoms with E-state index in [9.17, 15) is 9.90 Å². The Bertz CT molecular complexity index is 817. The lowest BCUT2D eigenvalue weighted by molar-refractivity contribution is 0.0998. The minimum absolute atomic E-state index is 0.0762. The summed E-state index contributed by atoms with van der Waals surface area (Å²) in [6, 6.07) is 8.37. The third kappa shape index (κ3) is 2.89. The van der Waals surface area contributed by atoms with Crippen molar-refractivity contribution in [3.8, 4) is 17.0 Å². The number of amides is 1. The van der Waals surface area contributed by atoms with Gasteiger partial charge in [0.2, 0.25) is 0 Å². The fraction of sp³-hybridized carbons (Fsp3) is 0. The van der Waals surface area contributed by atoms with Crippen molar-refractivity contribution < 1.29 is 9.90 Å². The van der Waals surface area contributed by atoms with Gasteiger partial charge in [0.05, 0.1) is 23.1 Å². The van der Waals surface area contributed by atoms with Crippen molar-refractivity contribution in [2.75, 3.05) is 5.32 Å². The summed E-state index contributed by atoms with van der Waals surface area (Å²) in [7, 11) is 0. The van der Waals surface area contributed by atoms with Crippen molar-refractivity contribution in [2.45, 2.75) is 0 Å². The normalized spacial score (nSPS) is 10.4. The number of aromatic nitrogens is 2. The predicted molar refractivity (Wildman–Crippen MR) is 85.3 cm³/mol. The molecule has 0 bridgehead atoms. The highest BCUT2D eigenvalue weighted by Crippen LogP contribution is 2.29. The van der Waals surface area contributed by atoms with Crippen molar-refractivity contribution in [3.63, 3.8) is 0 Å². The van der Waals surface area contributed by atoms with E-state index in [1.807, 2.05) is 17.5 Å². The van der Waals surface area contributed by atoms with Crippen LogP contribution >= 0.6 is 11.3 Å². The molecule has 6 nitrogen and oxygen atoms in total. The summed E-state index contributed by atoms with van der Waals surface area (Å²) < 4.78 is 0. The highest BCUT2D eigenvalue weighted by molar-refractivity contribution is 7.14. The number of nitrogens with two attached hydrogens (primary N) is 1. The van der Waals surface area contributed by atoms with Gasteiger partial charge in [-0.3, -0.25) is 9.78 Å². The van der Waals surface area contributed by atoms with E-state index in [2.05, 4.69) is 15.3 Å². The molecule has 1 aromatic carbocycles. The van der Waals surface area contributed by atoms with E-state index in [1.165, 1.54) is 23.5 Å². The van der Waals surface area contributed by atoms with Gasteiger partial charge >= 0.3 is 0 Å². The van der Waals surface area contributed by atoms with Crippen LogP contribution in [0.1, 0.15) is 10.4 Å². The van der Waals surface area contributed by atoms with Crippen LogP contribution in [0.5, 0.6) is 5.75 Å². The smallest absolute Gasteiger partial charge is 0.252 e. The second-order valence-electron chi connectivity index (χ2n) is 4.50. The molecule has 22 heavy (non-hydrogen) atoms. The number of hydrogen-bond donors (Lipinski definition) is 3. The zero-order chi connectivity index (χ0) is 15.5. The van der Waals surface area contributed by atoms with Crippen molar-refractivity contribution in [1.82, 2.24) is 9.97 Å². The van der Waals surface area contributed by atoms with Crippen LogP contribution in [-0.4, -0.2) is 21.0 Å². The molecule has 0 aliphatic heterocycles. The largest absolute Gasteiger partial charge is 0.507 e. The fourth-order valence-electron chi connectivity index (χ4n) is 1.92. The number of anilines is 2. The highest BCUT2D eigenvalue weighted by atomic mass is 32.1. The SMILES string of the molecule is NC(=O)c1cc(-c2csc(Nc3cccnc3)n2)ccc1O. The number of pyridine rings is 1. The van der Waals surface area contributed by atoms with Crippen LogP contribution in [0, 0.1) is 0 Å². The first-order chi connectivity index (χ1) is 10.6. The van der Waals surface area contributed by atoms with E-state index in [1.54, 1.807) is 18.5 Å². The summed E-state index contributed by atoms with van der Waals surface area (Å²) in [6.45, 7) is 0. The molecule has 0 aliphatic rings. The molecule has 0 aliphatic carbocycles. The molecular weight excluding hydrogens is 300 g/mol. The van der Waals surface area contributed by atoms with E-state index in [-0.39, 0.29) is 11.3 Å². The highest BCUT2D eigenvalue weighted by Gasteiger charge is 2.11. The topological polar surface area (TPSA) is 101 Å². The summed E-state index contributed by atoms with van der Waals surface area (Å²) >= 11 is 1.43. The summed E-state index contributed by atoms with van der Waals surface area (Å²) in [5, 5.41) is 15.3. The Morgan fingerprint density at radius 1 is 1.32 bits per heavy atom. The molecule has 2 aromatic heterocycles. The molecule has 1 amide bonds. The van der Waals surface area contributed by atoms with Crippen molar-refractivity contribution in [2.24, 2.45) is 5.73 Å². The number of primary amides is 1. The van der Waals surface area contributed by atoms with Crippen LogP contribution in [0.4, 0.5) is 10.8 Å². The van der Waals surface area contributed by atoms with Gasteiger partial charge in [0.1, 0.15) is 5.75 Å². The van der Waals surface area contributed by atoms with Gasteiger partial charge < -0.3 is 16.2 Å². The first kappa shape index (κ1) is 14.0. The van der Waals surface area contributed by atoms with Crippen molar-refractivity contribution in [3.05, 3.63) is 53.7 Å². The monoisotopic (exact) mass is 312 g/mol. The Labute approximate surface area is 130 Å². The van der Waals surface area contributed by atoms with Crippen molar-refractivity contribution >= 4 is 28.1 Å². The maximum Gasteiger partial charge on any atom is 0.252 e. The standard InChI is InChI=1S/C15H12N4O2S/c16-14(21)11-6-9(3-4-13(11)20)12-8-22-15(19-12)18-10-2-1-5-17-7-10/h1-8,20H,(H2,16,21)(H,18,19). The van der Waals surface area contributed by atoms with Gasteiger partial charge in [-0.1, -0.05) is 0 Å². The number of nitrogens with zero attached hydrogens (tertiary/aromatic N) is 2. The molecule has 3 rings (SSSR count). The zero-order valence-corrected chi connectivity index (χ0v) is 12.2. The molecule has 0 fully saturated rings. The molecular formula is C15H12N4O2S. The fourth-order valence-corrected chi connectivity index (χ4v) is 2.66. The molecule has 0 spiro atoms. The molecule has 4 N–H and O–H groups in total. The van der Waals surface area contributed by atoms with Crippen LogP contribution in [0.15, 0.2) is 48.1 Å². The van der Waals surface area contributed by atoms with E-state index >= 15 is 0 Å². The third-order valence-corrected chi connectivity index (χ3v) is 3.73. The van der Waals surface area contributed by atoms with Crippen LogP contribution in [-0.2, 0) is 0 Å². The Morgan fingerprint density at radius 2 is 2.18 bits per heavy atom. The number of carbonyl (C=O) groups excluding carboxylic acids is 1. The number of benzene rings is 1. The van der Waals surface area contributed by atoms with Gasteiger partial charge in [0, 0.05) is 17.1 Å². The predicted octanol–water partition coefficient (Wildman–Crippen LogP) is 2.75. The molecule has 3 aromatic rings. The van der Waals surface area contributed by atoms with Gasteiger partial charge in [0.15, 0.2) is 5.13 Å². The lowest BCUT2D eigenvalue weighted by Gasteiger charge is -2.03. The van der Waals surface area contributed by atoms with Gasteiger partial charge in [-0.05, 0) is 30.3 Å². The average molecular weight is 312 g/mol. The second-order valence-corrected chi connectivity index (χ2v) is 5.36. The number of nitrogens with one attached hydrogen (secondary N) is 1.